The molecule has 1 amide bonds. The van der Waals surface area contributed by atoms with Gasteiger partial charge in [0.05, 0.1) is 19.8 Å². The summed E-state index contributed by atoms with van der Waals surface area (Å²) in [4.78, 5) is 14.2. The van der Waals surface area contributed by atoms with Gasteiger partial charge in [-0.25, -0.2) is 0 Å². The van der Waals surface area contributed by atoms with Crippen LogP contribution < -0.4 is 10.1 Å². The summed E-state index contributed by atoms with van der Waals surface area (Å²) in [7, 11) is 0. The summed E-state index contributed by atoms with van der Waals surface area (Å²) >= 11 is 0. The van der Waals surface area contributed by atoms with Crippen LogP contribution >= 0.6 is 0 Å². The lowest BCUT2D eigenvalue weighted by Crippen LogP contribution is -2.46. The number of ether oxygens (including phenoxy) is 2. The molecule has 0 unspecified atom stereocenters. The van der Waals surface area contributed by atoms with Gasteiger partial charge in [0.15, 0.2) is 0 Å². The number of nitrogens with one attached hydrogen (secondary N) is 1. The second-order valence-electron chi connectivity index (χ2n) is 5.22. The molecule has 0 radical (unpaired) electrons. The van der Waals surface area contributed by atoms with Crippen LogP contribution in [0.15, 0.2) is 18.2 Å². The number of hydrogen-bond donors (Lipinski definition) is 1. The Bertz CT molecular complexity index is 498. The van der Waals surface area contributed by atoms with Gasteiger partial charge in [-0.1, -0.05) is 0 Å². The quantitative estimate of drug-likeness (QED) is 0.903. The van der Waals surface area contributed by atoms with Crippen molar-refractivity contribution in [3.8, 4) is 5.75 Å². The minimum Gasteiger partial charge on any atom is -0.493 e. The molecule has 1 fully saturated rings. The zero-order valence-corrected chi connectivity index (χ0v) is 11.7. The van der Waals surface area contributed by atoms with Crippen molar-refractivity contribution in [3.05, 3.63) is 23.8 Å². The Morgan fingerprint density at radius 2 is 2.10 bits per heavy atom. The van der Waals surface area contributed by atoms with Crippen LogP contribution in [0, 0.1) is 0 Å². The number of amides is 1. The van der Waals surface area contributed by atoms with Crippen LogP contribution in [0.4, 0.5) is 5.69 Å². The normalized spacial score (nSPS) is 19.1. The Morgan fingerprint density at radius 3 is 2.90 bits per heavy atom. The molecular weight excluding hydrogens is 256 g/mol. The third-order valence-electron chi connectivity index (χ3n) is 3.77. The molecule has 2 aliphatic heterocycles. The monoisotopic (exact) mass is 276 g/mol. The standard InChI is InChI=1S/C15H20N2O3/c1-11(15(18)17-5-8-19-9-6-17)16-13-2-3-14-12(10-13)4-7-20-14/h2-3,10-11,16H,4-9H2,1H3/t11-/m0/s1. The van der Waals surface area contributed by atoms with E-state index in [1.54, 1.807) is 0 Å². The van der Waals surface area contributed by atoms with Crippen LogP contribution in [0.25, 0.3) is 0 Å². The third kappa shape index (κ3) is 2.72. The molecule has 0 bridgehead atoms. The Hall–Kier alpha value is -1.75. The van der Waals surface area contributed by atoms with Crippen molar-refractivity contribution in [1.29, 1.82) is 0 Å². The van der Waals surface area contributed by atoms with Crippen molar-refractivity contribution in [1.82, 2.24) is 4.90 Å². The maximum Gasteiger partial charge on any atom is 0.244 e. The van der Waals surface area contributed by atoms with Gasteiger partial charge in [-0.15, -0.1) is 0 Å². The number of fused-ring (bicyclic) bond motifs is 1. The number of hydrogen-bond acceptors (Lipinski definition) is 4. The van der Waals surface area contributed by atoms with Gasteiger partial charge in [0.2, 0.25) is 5.91 Å². The number of carbonyl (C=O) groups is 1. The van der Waals surface area contributed by atoms with Gasteiger partial charge in [-0.3, -0.25) is 4.79 Å². The fourth-order valence-electron chi connectivity index (χ4n) is 2.65. The largest absolute Gasteiger partial charge is 0.493 e. The van der Waals surface area contributed by atoms with Crippen molar-refractivity contribution >= 4 is 11.6 Å². The molecular formula is C15H20N2O3. The van der Waals surface area contributed by atoms with Crippen LogP contribution in [0.2, 0.25) is 0 Å². The van der Waals surface area contributed by atoms with Crippen LogP contribution in [0.5, 0.6) is 5.75 Å². The Morgan fingerprint density at radius 1 is 1.30 bits per heavy atom. The highest BCUT2D eigenvalue weighted by Crippen LogP contribution is 2.28. The maximum absolute atomic E-state index is 12.3. The van der Waals surface area contributed by atoms with Crippen LogP contribution in [-0.4, -0.2) is 49.8 Å². The summed E-state index contributed by atoms with van der Waals surface area (Å²) < 4.78 is 10.8. The summed E-state index contributed by atoms with van der Waals surface area (Å²) in [5.74, 6) is 1.09. The minimum atomic E-state index is -0.228. The SMILES string of the molecule is C[C@H](Nc1ccc2c(c1)CCO2)C(=O)N1CCOCC1. The molecule has 20 heavy (non-hydrogen) atoms. The Balaban J connectivity index is 1.63. The molecule has 0 aromatic heterocycles. The number of morpholine rings is 1. The third-order valence-corrected chi connectivity index (χ3v) is 3.77. The lowest BCUT2D eigenvalue weighted by molar-refractivity contribution is -0.135. The van der Waals surface area contributed by atoms with Crippen molar-refractivity contribution < 1.29 is 14.3 Å². The highest BCUT2D eigenvalue weighted by Gasteiger charge is 2.22. The van der Waals surface area contributed by atoms with Crippen LogP contribution in [0.3, 0.4) is 0 Å². The van der Waals surface area contributed by atoms with E-state index in [1.165, 1.54) is 5.56 Å². The second-order valence-corrected chi connectivity index (χ2v) is 5.22. The van der Waals surface area contributed by atoms with Gasteiger partial charge in [-0.2, -0.15) is 0 Å². The molecule has 1 N–H and O–H groups in total. The average molecular weight is 276 g/mol. The molecule has 5 heteroatoms. The molecule has 1 aromatic rings. The van der Waals surface area contributed by atoms with E-state index in [4.69, 9.17) is 9.47 Å². The lowest BCUT2D eigenvalue weighted by atomic mass is 10.1. The molecule has 2 heterocycles. The van der Waals surface area contributed by atoms with E-state index in [0.717, 1.165) is 24.5 Å². The first-order valence-electron chi connectivity index (χ1n) is 7.13. The number of rotatable bonds is 3. The number of anilines is 1. The first-order chi connectivity index (χ1) is 9.74. The summed E-state index contributed by atoms with van der Waals surface area (Å²) in [6.07, 6.45) is 0.941. The molecule has 1 saturated heterocycles. The van der Waals surface area contributed by atoms with Crippen molar-refractivity contribution in [2.75, 3.05) is 38.2 Å². The van der Waals surface area contributed by atoms with E-state index in [-0.39, 0.29) is 11.9 Å². The fourth-order valence-corrected chi connectivity index (χ4v) is 2.65. The summed E-state index contributed by atoms with van der Waals surface area (Å²) in [6.45, 7) is 5.29. The van der Waals surface area contributed by atoms with E-state index >= 15 is 0 Å². The first-order valence-corrected chi connectivity index (χ1v) is 7.13. The van der Waals surface area contributed by atoms with Gasteiger partial charge < -0.3 is 19.7 Å². The number of benzene rings is 1. The summed E-state index contributed by atoms with van der Waals surface area (Å²) in [5, 5.41) is 3.28. The van der Waals surface area contributed by atoms with E-state index in [9.17, 15) is 4.79 Å². The molecule has 0 aliphatic carbocycles. The molecule has 1 atom stereocenters. The Kier molecular flexibility index (Phi) is 3.78. The molecule has 3 rings (SSSR count). The number of carbonyl (C=O) groups excluding carboxylic acids is 1. The molecule has 1 aromatic carbocycles. The van der Waals surface area contributed by atoms with Crippen LogP contribution in [-0.2, 0) is 16.0 Å². The van der Waals surface area contributed by atoms with Crippen LogP contribution in [0.1, 0.15) is 12.5 Å². The molecule has 0 spiro atoms. The summed E-state index contributed by atoms with van der Waals surface area (Å²) in [6, 6.07) is 5.78. The highest BCUT2D eigenvalue weighted by molar-refractivity contribution is 5.84. The predicted octanol–water partition coefficient (Wildman–Crippen LogP) is 1.28. The van der Waals surface area contributed by atoms with Crippen molar-refractivity contribution in [2.24, 2.45) is 0 Å². The van der Waals surface area contributed by atoms with Crippen molar-refractivity contribution in [3.63, 3.8) is 0 Å². The molecule has 5 nitrogen and oxygen atoms in total. The predicted molar refractivity (Wildman–Crippen MR) is 76.1 cm³/mol. The zero-order chi connectivity index (χ0) is 13.9. The van der Waals surface area contributed by atoms with Gasteiger partial charge in [0, 0.05) is 25.2 Å². The lowest BCUT2D eigenvalue weighted by Gasteiger charge is -2.29. The minimum absolute atomic E-state index is 0.130. The van der Waals surface area contributed by atoms with E-state index in [1.807, 2.05) is 24.0 Å². The van der Waals surface area contributed by atoms with Gasteiger partial charge in [-0.05, 0) is 30.7 Å². The van der Waals surface area contributed by atoms with Gasteiger partial charge in [0.1, 0.15) is 11.8 Å². The maximum atomic E-state index is 12.3. The smallest absolute Gasteiger partial charge is 0.244 e. The second kappa shape index (κ2) is 5.71. The van der Waals surface area contributed by atoms with Gasteiger partial charge in [0.25, 0.3) is 0 Å². The van der Waals surface area contributed by atoms with Gasteiger partial charge >= 0.3 is 0 Å². The van der Waals surface area contributed by atoms with E-state index in [2.05, 4.69) is 11.4 Å². The molecule has 2 aliphatic rings. The highest BCUT2D eigenvalue weighted by atomic mass is 16.5. The topological polar surface area (TPSA) is 50.8 Å². The van der Waals surface area contributed by atoms with Crippen molar-refractivity contribution in [2.45, 2.75) is 19.4 Å². The molecule has 108 valence electrons. The number of nitrogens with zero attached hydrogens (tertiary/aromatic N) is 1. The average Bonchev–Trinajstić information content (AvgIpc) is 2.95. The zero-order valence-electron chi connectivity index (χ0n) is 11.7. The van der Waals surface area contributed by atoms with E-state index < -0.39 is 0 Å². The Labute approximate surface area is 118 Å². The fraction of sp³-hybridized carbons (Fsp3) is 0.533. The molecule has 0 saturated carbocycles. The van der Waals surface area contributed by atoms with E-state index in [0.29, 0.717) is 26.3 Å². The summed E-state index contributed by atoms with van der Waals surface area (Å²) in [5.41, 5.74) is 2.18. The first kappa shape index (κ1) is 13.2.